The Morgan fingerprint density at radius 2 is 2.12 bits per heavy atom. The Bertz CT molecular complexity index is 326. The number of anilines is 1. The molecule has 0 bridgehead atoms. The minimum atomic E-state index is 0.184. The van der Waals surface area contributed by atoms with Crippen molar-refractivity contribution in [3.63, 3.8) is 0 Å². The number of pyridine rings is 1. The Kier molecular flexibility index (Phi) is 5.77. The Balaban J connectivity index is 2.49. The third-order valence-corrected chi connectivity index (χ3v) is 3.14. The summed E-state index contributed by atoms with van der Waals surface area (Å²) in [7, 11) is 1.61. The highest BCUT2D eigenvalue weighted by atomic mass is 16.5. The molecule has 0 aromatic carbocycles. The maximum absolute atomic E-state index is 6.15. The van der Waals surface area contributed by atoms with Crippen LogP contribution >= 0.6 is 0 Å². The lowest BCUT2D eigenvalue weighted by Crippen LogP contribution is -2.36. The molecule has 1 heterocycles. The second-order valence-electron chi connectivity index (χ2n) is 4.21. The number of nitrogens with one attached hydrogen (secondary N) is 1. The van der Waals surface area contributed by atoms with Crippen LogP contribution in [0.15, 0.2) is 18.3 Å². The fourth-order valence-corrected chi connectivity index (χ4v) is 1.93. The average Bonchev–Trinajstić information content (AvgIpc) is 2.38. The third-order valence-electron chi connectivity index (χ3n) is 3.14. The van der Waals surface area contributed by atoms with E-state index in [0.29, 0.717) is 11.8 Å². The van der Waals surface area contributed by atoms with E-state index in [1.54, 1.807) is 13.3 Å². The largest absolute Gasteiger partial charge is 0.481 e. The third kappa shape index (κ3) is 4.23. The van der Waals surface area contributed by atoms with E-state index in [2.05, 4.69) is 24.1 Å². The van der Waals surface area contributed by atoms with Crippen molar-refractivity contribution in [1.29, 1.82) is 0 Å². The molecule has 0 aliphatic carbocycles. The van der Waals surface area contributed by atoms with Crippen molar-refractivity contribution < 1.29 is 4.74 Å². The summed E-state index contributed by atoms with van der Waals surface area (Å²) in [5, 5.41) is 3.32. The number of nitrogens with zero attached hydrogens (tertiary/aromatic N) is 1. The molecule has 0 aliphatic rings. The summed E-state index contributed by atoms with van der Waals surface area (Å²) in [5.74, 6) is 1.19. The molecular weight excluding hydrogens is 214 g/mol. The van der Waals surface area contributed by atoms with Gasteiger partial charge < -0.3 is 15.8 Å². The zero-order valence-corrected chi connectivity index (χ0v) is 10.9. The van der Waals surface area contributed by atoms with Crippen LogP contribution in [0.1, 0.15) is 26.7 Å². The Hall–Kier alpha value is -1.29. The number of nitrogens with two attached hydrogens (primary N) is 1. The zero-order valence-electron chi connectivity index (χ0n) is 10.9. The molecular formula is C13H23N3O. The topological polar surface area (TPSA) is 60.2 Å². The van der Waals surface area contributed by atoms with Crippen LogP contribution in [0.3, 0.4) is 0 Å². The van der Waals surface area contributed by atoms with E-state index >= 15 is 0 Å². The molecule has 1 rings (SSSR count). The van der Waals surface area contributed by atoms with Crippen LogP contribution in [0, 0.1) is 5.92 Å². The molecule has 3 N–H and O–H groups in total. The van der Waals surface area contributed by atoms with Crippen molar-refractivity contribution >= 4 is 5.69 Å². The van der Waals surface area contributed by atoms with Gasteiger partial charge in [0.2, 0.25) is 5.88 Å². The average molecular weight is 237 g/mol. The van der Waals surface area contributed by atoms with Crippen molar-refractivity contribution in [3.05, 3.63) is 18.3 Å². The molecule has 96 valence electrons. The summed E-state index contributed by atoms with van der Waals surface area (Å²) in [4.78, 5) is 4.06. The summed E-state index contributed by atoms with van der Waals surface area (Å²) in [6.45, 7) is 5.15. The fourth-order valence-electron chi connectivity index (χ4n) is 1.93. The van der Waals surface area contributed by atoms with E-state index in [9.17, 15) is 0 Å². The zero-order chi connectivity index (χ0) is 12.7. The minimum Gasteiger partial charge on any atom is -0.481 e. The van der Waals surface area contributed by atoms with Crippen LogP contribution in [-0.2, 0) is 0 Å². The van der Waals surface area contributed by atoms with Gasteiger partial charge in [0.1, 0.15) is 0 Å². The number of hydrogen-bond acceptors (Lipinski definition) is 4. The summed E-state index contributed by atoms with van der Waals surface area (Å²) >= 11 is 0. The van der Waals surface area contributed by atoms with E-state index in [1.807, 2.05) is 12.1 Å². The lowest BCUT2D eigenvalue weighted by atomic mass is 9.95. The highest BCUT2D eigenvalue weighted by molar-refractivity contribution is 5.45. The fraction of sp³-hybridized carbons (Fsp3) is 0.615. The maximum Gasteiger partial charge on any atom is 0.214 e. The van der Waals surface area contributed by atoms with E-state index in [4.69, 9.17) is 10.5 Å². The standard InChI is InChI=1S/C13H23N3O/c1-4-10(5-2)12(14)9-16-11-6-7-15-13(8-11)17-3/h6-8,10,12H,4-5,9,14H2,1-3H3,(H,15,16). The molecule has 0 fully saturated rings. The Morgan fingerprint density at radius 3 is 2.71 bits per heavy atom. The molecule has 0 amide bonds. The van der Waals surface area contributed by atoms with Gasteiger partial charge in [0.25, 0.3) is 0 Å². The highest BCUT2D eigenvalue weighted by Gasteiger charge is 2.13. The van der Waals surface area contributed by atoms with Crippen LogP contribution in [0.25, 0.3) is 0 Å². The second-order valence-corrected chi connectivity index (χ2v) is 4.21. The molecule has 0 saturated carbocycles. The van der Waals surface area contributed by atoms with E-state index in [1.165, 1.54) is 0 Å². The van der Waals surface area contributed by atoms with Crippen molar-refractivity contribution in [2.24, 2.45) is 11.7 Å². The molecule has 0 aliphatic heterocycles. The smallest absolute Gasteiger partial charge is 0.214 e. The molecule has 1 aromatic heterocycles. The van der Waals surface area contributed by atoms with Crippen LogP contribution in [0.5, 0.6) is 5.88 Å². The molecule has 0 saturated heterocycles. The van der Waals surface area contributed by atoms with Gasteiger partial charge in [-0.2, -0.15) is 0 Å². The first kappa shape index (κ1) is 13.8. The van der Waals surface area contributed by atoms with Gasteiger partial charge in [0.05, 0.1) is 7.11 Å². The molecule has 0 spiro atoms. The Labute approximate surface area is 104 Å². The summed E-state index contributed by atoms with van der Waals surface area (Å²) < 4.78 is 5.07. The van der Waals surface area contributed by atoms with Crippen LogP contribution in [-0.4, -0.2) is 24.7 Å². The van der Waals surface area contributed by atoms with E-state index in [-0.39, 0.29) is 6.04 Å². The van der Waals surface area contributed by atoms with Crippen LogP contribution < -0.4 is 15.8 Å². The minimum absolute atomic E-state index is 0.184. The second kappa shape index (κ2) is 7.12. The molecule has 1 unspecified atom stereocenters. The lowest BCUT2D eigenvalue weighted by Gasteiger charge is -2.22. The molecule has 0 radical (unpaired) electrons. The predicted octanol–water partition coefficient (Wildman–Crippen LogP) is 2.27. The monoisotopic (exact) mass is 237 g/mol. The molecule has 4 nitrogen and oxygen atoms in total. The summed E-state index contributed by atoms with van der Waals surface area (Å²) in [6, 6.07) is 3.98. The van der Waals surface area contributed by atoms with Crippen LogP contribution in [0.2, 0.25) is 0 Å². The normalized spacial score (nSPS) is 12.5. The SMILES string of the molecule is CCC(CC)C(N)CNc1ccnc(OC)c1. The first-order valence-electron chi connectivity index (χ1n) is 6.20. The van der Waals surface area contributed by atoms with Gasteiger partial charge >= 0.3 is 0 Å². The highest BCUT2D eigenvalue weighted by Crippen LogP contribution is 2.15. The van der Waals surface area contributed by atoms with Crippen molar-refractivity contribution in [2.45, 2.75) is 32.7 Å². The van der Waals surface area contributed by atoms with Gasteiger partial charge in [-0.25, -0.2) is 4.98 Å². The Morgan fingerprint density at radius 1 is 1.41 bits per heavy atom. The van der Waals surface area contributed by atoms with E-state index < -0.39 is 0 Å². The molecule has 17 heavy (non-hydrogen) atoms. The van der Waals surface area contributed by atoms with Crippen molar-refractivity contribution in [2.75, 3.05) is 19.0 Å². The van der Waals surface area contributed by atoms with Gasteiger partial charge in [-0.1, -0.05) is 26.7 Å². The summed E-state index contributed by atoms with van der Waals surface area (Å²) in [5.41, 5.74) is 7.15. The molecule has 1 atom stereocenters. The quantitative estimate of drug-likeness (QED) is 0.763. The van der Waals surface area contributed by atoms with Gasteiger partial charge in [0, 0.05) is 30.5 Å². The van der Waals surface area contributed by atoms with Gasteiger partial charge in [-0.3, -0.25) is 0 Å². The molecule has 4 heteroatoms. The van der Waals surface area contributed by atoms with Crippen molar-refractivity contribution in [3.8, 4) is 5.88 Å². The predicted molar refractivity (Wildman–Crippen MR) is 71.3 cm³/mol. The van der Waals surface area contributed by atoms with Crippen LogP contribution in [0.4, 0.5) is 5.69 Å². The van der Waals surface area contributed by atoms with E-state index in [0.717, 1.165) is 25.1 Å². The molecule has 1 aromatic rings. The number of methoxy groups -OCH3 is 1. The number of hydrogen-bond donors (Lipinski definition) is 2. The van der Waals surface area contributed by atoms with Gasteiger partial charge in [0.15, 0.2) is 0 Å². The van der Waals surface area contributed by atoms with Gasteiger partial charge in [-0.15, -0.1) is 0 Å². The number of aromatic nitrogens is 1. The first-order valence-corrected chi connectivity index (χ1v) is 6.20. The number of rotatable bonds is 7. The summed E-state index contributed by atoms with van der Waals surface area (Å²) in [6.07, 6.45) is 3.97. The maximum atomic E-state index is 6.15. The van der Waals surface area contributed by atoms with Crippen molar-refractivity contribution in [1.82, 2.24) is 4.98 Å². The first-order chi connectivity index (χ1) is 8.21. The number of ether oxygens (including phenoxy) is 1. The van der Waals surface area contributed by atoms with Gasteiger partial charge in [-0.05, 0) is 12.0 Å². The lowest BCUT2D eigenvalue weighted by molar-refractivity contribution is 0.397.